The van der Waals surface area contributed by atoms with E-state index in [9.17, 15) is 4.39 Å². The smallest absolute Gasteiger partial charge is 0.139 e. The third-order valence-electron chi connectivity index (χ3n) is 3.44. The Morgan fingerprint density at radius 3 is 2.43 bits per heavy atom. The van der Waals surface area contributed by atoms with Gasteiger partial charge in [-0.15, -0.1) is 0 Å². The van der Waals surface area contributed by atoms with Crippen LogP contribution in [-0.2, 0) is 5.41 Å². The van der Waals surface area contributed by atoms with Gasteiger partial charge in [-0.25, -0.2) is 4.39 Å². The molecular formula is C18H22FNO. The summed E-state index contributed by atoms with van der Waals surface area (Å²) < 4.78 is 19.8. The Kier molecular flexibility index (Phi) is 4.63. The Morgan fingerprint density at radius 2 is 1.81 bits per heavy atom. The molecule has 0 fully saturated rings. The number of benzene rings is 2. The molecule has 2 nitrogen and oxygen atoms in total. The van der Waals surface area contributed by atoms with Gasteiger partial charge in [0.05, 0.1) is 0 Å². The fourth-order valence-corrected chi connectivity index (χ4v) is 2.17. The number of halogens is 1. The second-order valence-electron chi connectivity index (χ2n) is 6.14. The lowest BCUT2D eigenvalue weighted by atomic mass is 9.87. The summed E-state index contributed by atoms with van der Waals surface area (Å²) in [5.41, 5.74) is 7.45. The van der Waals surface area contributed by atoms with Crippen molar-refractivity contribution >= 4 is 0 Å². The normalized spacial score (nSPS) is 13.0. The largest absolute Gasteiger partial charge is 0.484 e. The van der Waals surface area contributed by atoms with Crippen LogP contribution < -0.4 is 10.5 Å². The van der Waals surface area contributed by atoms with E-state index in [0.717, 1.165) is 0 Å². The summed E-state index contributed by atoms with van der Waals surface area (Å²) >= 11 is 0. The first-order valence-electron chi connectivity index (χ1n) is 7.13. The molecule has 0 amide bonds. The van der Waals surface area contributed by atoms with E-state index in [-0.39, 0.29) is 17.8 Å². The third-order valence-corrected chi connectivity index (χ3v) is 3.44. The molecule has 0 spiro atoms. The molecule has 2 N–H and O–H groups in total. The van der Waals surface area contributed by atoms with Gasteiger partial charge in [0.2, 0.25) is 0 Å². The lowest BCUT2D eigenvalue weighted by Gasteiger charge is -2.22. The zero-order valence-corrected chi connectivity index (χ0v) is 12.8. The molecule has 0 bridgehead atoms. The Hall–Kier alpha value is -1.87. The van der Waals surface area contributed by atoms with Gasteiger partial charge < -0.3 is 10.5 Å². The lowest BCUT2D eigenvalue weighted by Crippen LogP contribution is -2.20. The van der Waals surface area contributed by atoms with Gasteiger partial charge in [-0.3, -0.25) is 0 Å². The topological polar surface area (TPSA) is 35.2 Å². The van der Waals surface area contributed by atoms with E-state index in [1.165, 1.54) is 11.6 Å². The van der Waals surface area contributed by atoms with Crippen LogP contribution in [0.1, 0.15) is 38.0 Å². The van der Waals surface area contributed by atoms with E-state index < -0.39 is 6.10 Å². The van der Waals surface area contributed by atoms with Crippen LogP contribution in [0.5, 0.6) is 5.75 Å². The summed E-state index contributed by atoms with van der Waals surface area (Å²) in [5, 5.41) is 0. The molecule has 0 aromatic heterocycles. The van der Waals surface area contributed by atoms with Crippen molar-refractivity contribution in [3.8, 4) is 5.75 Å². The van der Waals surface area contributed by atoms with Gasteiger partial charge >= 0.3 is 0 Å². The van der Waals surface area contributed by atoms with Crippen molar-refractivity contribution in [3.05, 3.63) is 65.5 Å². The summed E-state index contributed by atoms with van der Waals surface area (Å²) in [5.74, 6) is 0.418. The first kappa shape index (κ1) is 15.5. The molecule has 0 aliphatic heterocycles. The van der Waals surface area contributed by atoms with Gasteiger partial charge in [0.1, 0.15) is 17.7 Å². The van der Waals surface area contributed by atoms with Crippen LogP contribution in [0.15, 0.2) is 48.5 Å². The second-order valence-corrected chi connectivity index (χ2v) is 6.14. The van der Waals surface area contributed by atoms with Crippen molar-refractivity contribution in [1.29, 1.82) is 0 Å². The van der Waals surface area contributed by atoms with Crippen LogP contribution in [0.2, 0.25) is 0 Å². The Morgan fingerprint density at radius 1 is 1.10 bits per heavy atom. The number of hydrogen-bond acceptors (Lipinski definition) is 2. The fraction of sp³-hybridized carbons (Fsp3) is 0.333. The Labute approximate surface area is 125 Å². The third kappa shape index (κ3) is 3.82. The first-order valence-corrected chi connectivity index (χ1v) is 7.13. The van der Waals surface area contributed by atoms with Gasteiger partial charge in [0, 0.05) is 12.1 Å². The quantitative estimate of drug-likeness (QED) is 0.914. The maximum Gasteiger partial charge on any atom is 0.139 e. The second kappa shape index (κ2) is 6.27. The van der Waals surface area contributed by atoms with E-state index in [2.05, 4.69) is 26.8 Å². The van der Waals surface area contributed by atoms with E-state index in [1.54, 1.807) is 18.2 Å². The molecule has 0 saturated heterocycles. The maximum absolute atomic E-state index is 13.9. The highest BCUT2D eigenvalue weighted by atomic mass is 19.1. The molecule has 0 saturated carbocycles. The zero-order valence-electron chi connectivity index (χ0n) is 12.8. The molecule has 0 aliphatic carbocycles. The minimum absolute atomic E-state index is 0.0373. The highest BCUT2D eigenvalue weighted by Crippen LogP contribution is 2.28. The van der Waals surface area contributed by atoms with Gasteiger partial charge in [-0.2, -0.15) is 0 Å². The van der Waals surface area contributed by atoms with Crippen molar-refractivity contribution in [2.45, 2.75) is 32.3 Å². The Balaban J connectivity index is 2.26. The number of rotatable bonds is 4. The molecule has 2 aromatic rings. The van der Waals surface area contributed by atoms with Crippen LogP contribution in [0.3, 0.4) is 0 Å². The number of ether oxygens (including phenoxy) is 1. The molecule has 2 rings (SSSR count). The molecule has 21 heavy (non-hydrogen) atoms. The van der Waals surface area contributed by atoms with Crippen LogP contribution in [0.4, 0.5) is 4.39 Å². The van der Waals surface area contributed by atoms with Gasteiger partial charge in [0.15, 0.2) is 0 Å². The maximum atomic E-state index is 13.9. The summed E-state index contributed by atoms with van der Waals surface area (Å²) in [7, 11) is 0. The van der Waals surface area contributed by atoms with Crippen LogP contribution >= 0.6 is 0 Å². The van der Waals surface area contributed by atoms with Crippen molar-refractivity contribution in [1.82, 2.24) is 0 Å². The molecule has 0 radical (unpaired) electrons. The van der Waals surface area contributed by atoms with Crippen LogP contribution in [0.25, 0.3) is 0 Å². The average Bonchev–Trinajstić information content (AvgIpc) is 2.45. The molecule has 3 heteroatoms. The monoisotopic (exact) mass is 287 g/mol. The fourth-order valence-electron chi connectivity index (χ4n) is 2.17. The minimum atomic E-state index is -0.485. The molecule has 1 atom stereocenters. The zero-order chi connectivity index (χ0) is 15.5. The van der Waals surface area contributed by atoms with Gasteiger partial charge in [-0.05, 0) is 29.2 Å². The van der Waals surface area contributed by atoms with Gasteiger partial charge in [0.25, 0.3) is 0 Å². The van der Waals surface area contributed by atoms with Gasteiger partial charge in [-0.1, -0.05) is 51.1 Å². The summed E-state index contributed by atoms with van der Waals surface area (Å²) in [6, 6.07) is 14.5. The standard InChI is InChI=1S/C18H22FNO/c1-18(2,3)13-7-6-8-14(11-13)21-17(12-20)15-9-4-5-10-16(15)19/h4-11,17H,12,20H2,1-3H3. The highest BCUT2D eigenvalue weighted by molar-refractivity contribution is 5.33. The molecule has 2 aromatic carbocycles. The molecule has 0 aliphatic rings. The Bertz CT molecular complexity index is 604. The van der Waals surface area contributed by atoms with Crippen molar-refractivity contribution in [2.75, 3.05) is 6.54 Å². The van der Waals surface area contributed by atoms with E-state index in [4.69, 9.17) is 10.5 Å². The SMILES string of the molecule is CC(C)(C)c1cccc(OC(CN)c2ccccc2F)c1. The predicted molar refractivity (Wildman–Crippen MR) is 84.0 cm³/mol. The number of nitrogens with two attached hydrogens (primary N) is 1. The molecule has 0 heterocycles. The highest BCUT2D eigenvalue weighted by Gasteiger charge is 2.18. The average molecular weight is 287 g/mol. The molecular weight excluding hydrogens is 265 g/mol. The minimum Gasteiger partial charge on any atom is -0.484 e. The van der Waals surface area contributed by atoms with Crippen molar-refractivity contribution in [2.24, 2.45) is 5.73 Å². The summed E-state index contributed by atoms with van der Waals surface area (Å²) in [4.78, 5) is 0. The predicted octanol–water partition coefficient (Wildman–Crippen LogP) is 4.20. The van der Waals surface area contributed by atoms with Crippen LogP contribution in [0, 0.1) is 5.82 Å². The summed E-state index contributed by atoms with van der Waals surface area (Å²) in [6.07, 6.45) is -0.485. The van der Waals surface area contributed by atoms with Crippen molar-refractivity contribution < 1.29 is 9.13 Å². The summed E-state index contributed by atoms with van der Waals surface area (Å²) in [6.45, 7) is 6.65. The molecule has 1 unspecified atom stereocenters. The first-order chi connectivity index (χ1) is 9.91. The van der Waals surface area contributed by atoms with E-state index in [0.29, 0.717) is 11.3 Å². The molecule has 112 valence electrons. The van der Waals surface area contributed by atoms with Crippen LogP contribution in [-0.4, -0.2) is 6.54 Å². The van der Waals surface area contributed by atoms with E-state index in [1.807, 2.05) is 18.2 Å². The lowest BCUT2D eigenvalue weighted by molar-refractivity contribution is 0.208. The van der Waals surface area contributed by atoms with Crippen molar-refractivity contribution in [3.63, 3.8) is 0 Å². The number of hydrogen-bond donors (Lipinski definition) is 1. The van der Waals surface area contributed by atoms with E-state index >= 15 is 0 Å².